The lowest BCUT2D eigenvalue weighted by molar-refractivity contribution is 0.103. The average Bonchev–Trinajstić information content (AvgIpc) is 2.69. The molecule has 0 aliphatic carbocycles. The van der Waals surface area contributed by atoms with Crippen molar-refractivity contribution in [1.82, 2.24) is 0 Å². The van der Waals surface area contributed by atoms with Crippen molar-refractivity contribution >= 4 is 37.6 Å². The van der Waals surface area contributed by atoms with E-state index in [-0.39, 0.29) is 5.78 Å². The zero-order chi connectivity index (χ0) is 12.6. The lowest BCUT2D eigenvalue weighted by atomic mass is 9.99. The van der Waals surface area contributed by atoms with Gasteiger partial charge >= 0.3 is 0 Å². The van der Waals surface area contributed by atoms with E-state index in [4.69, 9.17) is 4.42 Å². The number of rotatable bonds is 2. The first kappa shape index (κ1) is 12.6. The van der Waals surface area contributed by atoms with Crippen LogP contribution >= 0.6 is 31.9 Å². The zero-order valence-electron chi connectivity index (χ0n) is 9.38. The summed E-state index contributed by atoms with van der Waals surface area (Å²) in [7, 11) is 0. The van der Waals surface area contributed by atoms with Crippen LogP contribution in [0.15, 0.2) is 38.0 Å². The number of carbonyl (C=O) groups excluding carboxylic acids is 1. The van der Waals surface area contributed by atoms with Crippen LogP contribution in [0.2, 0.25) is 0 Å². The van der Waals surface area contributed by atoms with Gasteiger partial charge in [0.1, 0.15) is 0 Å². The highest BCUT2D eigenvalue weighted by Crippen LogP contribution is 2.26. The molecule has 0 bridgehead atoms. The summed E-state index contributed by atoms with van der Waals surface area (Å²) >= 11 is 6.68. The van der Waals surface area contributed by atoms with Gasteiger partial charge in [-0.1, -0.05) is 15.9 Å². The van der Waals surface area contributed by atoms with Crippen LogP contribution in [-0.2, 0) is 0 Å². The second-order valence-corrected chi connectivity index (χ2v) is 5.43. The molecule has 0 atom stereocenters. The van der Waals surface area contributed by atoms with E-state index in [0.29, 0.717) is 15.8 Å². The molecular weight excluding hydrogens is 348 g/mol. The van der Waals surface area contributed by atoms with Gasteiger partial charge in [0.05, 0.1) is 11.8 Å². The summed E-state index contributed by atoms with van der Waals surface area (Å²) in [5.41, 5.74) is 3.24. The van der Waals surface area contributed by atoms with E-state index in [1.165, 1.54) is 6.26 Å². The monoisotopic (exact) mass is 356 g/mol. The smallest absolute Gasteiger partial charge is 0.197 e. The summed E-state index contributed by atoms with van der Waals surface area (Å²) in [6.45, 7) is 3.89. The highest BCUT2D eigenvalue weighted by atomic mass is 79.9. The fourth-order valence-electron chi connectivity index (χ4n) is 1.63. The van der Waals surface area contributed by atoms with E-state index in [1.54, 1.807) is 6.07 Å². The van der Waals surface area contributed by atoms with Crippen LogP contribution in [-0.4, -0.2) is 5.78 Å². The number of ketones is 1. The summed E-state index contributed by atoms with van der Waals surface area (Å²) < 4.78 is 6.57. The molecule has 0 saturated heterocycles. The van der Waals surface area contributed by atoms with Gasteiger partial charge in [-0.25, -0.2) is 0 Å². The van der Waals surface area contributed by atoms with Crippen LogP contribution in [0.25, 0.3) is 0 Å². The van der Waals surface area contributed by atoms with E-state index < -0.39 is 0 Å². The molecule has 0 spiro atoms. The summed E-state index contributed by atoms with van der Waals surface area (Å²) in [5.74, 6) is -0.0290. The van der Waals surface area contributed by atoms with Crippen molar-refractivity contribution < 1.29 is 9.21 Å². The predicted molar refractivity (Wildman–Crippen MR) is 73.5 cm³/mol. The highest BCUT2D eigenvalue weighted by molar-refractivity contribution is 9.10. The molecule has 0 amide bonds. The van der Waals surface area contributed by atoms with Crippen LogP contribution in [0.4, 0.5) is 0 Å². The summed E-state index contributed by atoms with van der Waals surface area (Å²) in [6, 6.07) is 5.51. The van der Waals surface area contributed by atoms with Gasteiger partial charge in [-0.05, 0) is 59.1 Å². The van der Waals surface area contributed by atoms with Gasteiger partial charge in [0, 0.05) is 10.0 Å². The minimum Gasteiger partial charge on any atom is -0.457 e. The van der Waals surface area contributed by atoms with Crippen molar-refractivity contribution in [2.75, 3.05) is 0 Å². The van der Waals surface area contributed by atoms with Crippen LogP contribution in [0.3, 0.4) is 0 Å². The van der Waals surface area contributed by atoms with Crippen molar-refractivity contribution in [2.45, 2.75) is 13.8 Å². The minimum atomic E-state index is -0.0290. The minimum absolute atomic E-state index is 0.0290. The molecule has 1 aromatic heterocycles. The molecule has 2 aromatic rings. The molecular formula is C13H10Br2O2. The number of aryl methyl sites for hydroxylation is 2. The molecule has 1 heterocycles. The molecule has 1 aromatic carbocycles. The maximum atomic E-state index is 12.3. The summed E-state index contributed by atoms with van der Waals surface area (Å²) in [4.78, 5) is 12.3. The molecule has 0 aliphatic heterocycles. The van der Waals surface area contributed by atoms with Crippen LogP contribution in [0.5, 0.6) is 0 Å². The van der Waals surface area contributed by atoms with Crippen molar-refractivity contribution in [2.24, 2.45) is 0 Å². The van der Waals surface area contributed by atoms with Gasteiger partial charge < -0.3 is 4.42 Å². The van der Waals surface area contributed by atoms with Gasteiger partial charge in [0.25, 0.3) is 0 Å². The molecule has 4 heteroatoms. The molecule has 17 heavy (non-hydrogen) atoms. The van der Waals surface area contributed by atoms with Gasteiger partial charge in [-0.15, -0.1) is 0 Å². The Bertz CT molecular complexity index is 585. The van der Waals surface area contributed by atoms with E-state index in [9.17, 15) is 4.79 Å². The molecule has 2 nitrogen and oxygen atoms in total. The molecule has 0 aliphatic rings. The first-order valence-corrected chi connectivity index (χ1v) is 6.63. The predicted octanol–water partition coefficient (Wildman–Crippen LogP) is 4.65. The number of hydrogen-bond acceptors (Lipinski definition) is 2. The summed E-state index contributed by atoms with van der Waals surface area (Å²) in [5, 5.41) is 0. The Morgan fingerprint density at radius 1 is 1.12 bits per heavy atom. The van der Waals surface area contributed by atoms with Crippen molar-refractivity contribution in [3.63, 3.8) is 0 Å². The lowest BCUT2D eigenvalue weighted by Gasteiger charge is -2.07. The van der Waals surface area contributed by atoms with Crippen molar-refractivity contribution in [3.8, 4) is 0 Å². The standard InChI is InChI=1S/C13H10Br2O2/c1-7-6-11(14)8(2)5-10(7)12(16)9-3-4-17-13(9)15/h3-6H,1-2H3. The highest BCUT2D eigenvalue weighted by Gasteiger charge is 2.17. The van der Waals surface area contributed by atoms with Crippen molar-refractivity contribution in [3.05, 3.63) is 55.9 Å². The first-order chi connectivity index (χ1) is 8.00. The quantitative estimate of drug-likeness (QED) is 0.732. The molecule has 0 radical (unpaired) electrons. The summed E-state index contributed by atoms with van der Waals surface area (Å²) in [6.07, 6.45) is 1.50. The second-order valence-electron chi connectivity index (χ2n) is 3.85. The van der Waals surface area contributed by atoms with Gasteiger partial charge in [-0.3, -0.25) is 4.79 Å². The first-order valence-electron chi connectivity index (χ1n) is 5.05. The maximum Gasteiger partial charge on any atom is 0.197 e. The van der Waals surface area contributed by atoms with Crippen LogP contribution < -0.4 is 0 Å². The Hall–Kier alpha value is -0.870. The second kappa shape index (κ2) is 4.78. The van der Waals surface area contributed by atoms with E-state index in [0.717, 1.165) is 15.6 Å². The maximum absolute atomic E-state index is 12.3. The van der Waals surface area contributed by atoms with Gasteiger partial charge in [0.2, 0.25) is 0 Å². The Kier molecular flexibility index (Phi) is 3.54. The van der Waals surface area contributed by atoms with Crippen molar-refractivity contribution in [1.29, 1.82) is 0 Å². The molecule has 0 saturated carbocycles. The third-order valence-corrected chi connectivity index (χ3v) is 4.08. The van der Waals surface area contributed by atoms with E-state index >= 15 is 0 Å². The van der Waals surface area contributed by atoms with Gasteiger partial charge in [-0.2, -0.15) is 0 Å². The fraction of sp³-hybridized carbons (Fsp3) is 0.154. The SMILES string of the molecule is Cc1cc(C(=O)c2ccoc2Br)c(C)cc1Br. The number of halogens is 2. The lowest BCUT2D eigenvalue weighted by Crippen LogP contribution is -2.04. The fourth-order valence-corrected chi connectivity index (χ4v) is 2.50. The van der Waals surface area contributed by atoms with Crippen LogP contribution in [0, 0.1) is 13.8 Å². The Morgan fingerprint density at radius 3 is 2.41 bits per heavy atom. The third kappa shape index (κ3) is 2.38. The molecule has 0 fully saturated rings. The number of carbonyl (C=O) groups is 1. The van der Waals surface area contributed by atoms with E-state index in [2.05, 4.69) is 31.9 Å². The Balaban J connectivity index is 2.52. The third-order valence-electron chi connectivity index (χ3n) is 2.61. The molecule has 0 N–H and O–H groups in total. The molecule has 0 unspecified atom stereocenters. The van der Waals surface area contributed by atoms with Crippen LogP contribution in [0.1, 0.15) is 27.0 Å². The number of hydrogen-bond donors (Lipinski definition) is 0. The molecule has 88 valence electrons. The largest absolute Gasteiger partial charge is 0.457 e. The van der Waals surface area contributed by atoms with Gasteiger partial charge in [0.15, 0.2) is 10.5 Å². The molecule has 2 rings (SSSR count). The number of furan rings is 1. The average molecular weight is 358 g/mol. The van der Waals surface area contributed by atoms with E-state index in [1.807, 2.05) is 26.0 Å². The zero-order valence-corrected chi connectivity index (χ0v) is 12.6. The number of benzene rings is 1. The Morgan fingerprint density at radius 2 is 1.82 bits per heavy atom. The Labute approximate surface area is 116 Å². The normalized spacial score (nSPS) is 10.6. The topological polar surface area (TPSA) is 30.2 Å².